The standard InChI is InChI=1S/C17H19NOS/c1-13-7-9-15(10-8-13)17(18-16(19)11-12-20)14-5-3-2-4-6-14/h2-10,17,20H,11-12H2,1H3,(H,18,19). The quantitative estimate of drug-likeness (QED) is 0.809. The van der Waals surface area contributed by atoms with E-state index in [2.05, 4.69) is 49.1 Å². The molecule has 1 atom stereocenters. The maximum absolute atomic E-state index is 11.9. The Morgan fingerprint density at radius 3 is 2.25 bits per heavy atom. The Hall–Kier alpha value is -1.74. The van der Waals surface area contributed by atoms with E-state index in [1.165, 1.54) is 5.56 Å². The summed E-state index contributed by atoms with van der Waals surface area (Å²) in [5, 5.41) is 3.08. The average molecular weight is 285 g/mol. The second kappa shape index (κ2) is 7.15. The van der Waals surface area contributed by atoms with Crippen molar-refractivity contribution in [2.75, 3.05) is 5.75 Å². The molecule has 0 radical (unpaired) electrons. The summed E-state index contributed by atoms with van der Waals surface area (Å²) < 4.78 is 0. The molecule has 1 N–H and O–H groups in total. The second-order valence-electron chi connectivity index (χ2n) is 4.80. The molecule has 0 aliphatic heterocycles. The van der Waals surface area contributed by atoms with E-state index in [0.29, 0.717) is 12.2 Å². The first kappa shape index (κ1) is 14.7. The zero-order valence-corrected chi connectivity index (χ0v) is 12.4. The van der Waals surface area contributed by atoms with E-state index in [1.54, 1.807) is 0 Å². The second-order valence-corrected chi connectivity index (χ2v) is 5.24. The summed E-state index contributed by atoms with van der Waals surface area (Å²) in [6.07, 6.45) is 0.429. The Morgan fingerprint density at radius 1 is 1.05 bits per heavy atom. The average Bonchev–Trinajstić information content (AvgIpc) is 2.47. The van der Waals surface area contributed by atoms with E-state index in [4.69, 9.17) is 0 Å². The van der Waals surface area contributed by atoms with Gasteiger partial charge in [0, 0.05) is 6.42 Å². The lowest BCUT2D eigenvalue weighted by Crippen LogP contribution is -2.29. The Bertz CT molecular complexity index is 551. The smallest absolute Gasteiger partial charge is 0.221 e. The Balaban J connectivity index is 2.29. The van der Waals surface area contributed by atoms with Crippen LogP contribution in [0.3, 0.4) is 0 Å². The SMILES string of the molecule is Cc1ccc(C(NC(=O)CCS)c2ccccc2)cc1. The van der Waals surface area contributed by atoms with E-state index in [9.17, 15) is 4.79 Å². The predicted molar refractivity (Wildman–Crippen MR) is 86.1 cm³/mol. The van der Waals surface area contributed by atoms with Crippen LogP contribution in [0.5, 0.6) is 0 Å². The highest BCUT2D eigenvalue weighted by Crippen LogP contribution is 2.22. The summed E-state index contributed by atoms with van der Waals surface area (Å²) in [6, 6.07) is 18.2. The highest BCUT2D eigenvalue weighted by molar-refractivity contribution is 7.80. The van der Waals surface area contributed by atoms with Crippen molar-refractivity contribution in [1.29, 1.82) is 0 Å². The highest BCUT2D eigenvalue weighted by Gasteiger charge is 2.15. The zero-order chi connectivity index (χ0) is 14.4. The highest BCUT2D eigenvalue weighted by atomic mass is 32.1. The topological polar surface area (TPSA) is 29.1 Å². The van der Waals surface area contributed by atoms with Gasteiger partial charge in [-0.15, -0.1) is 0 Å². The zero-order valence-electron chi connectivity index (χ0n) is 11.5. The number of hydrogen-bond donors (Lipinski definition) is 2. The van der Waals surface area contributed by atoms with Crippen LogP contribution < -0.4 is 5.32 Å². The van der Waals surface area contributed by atoms with Crippen molar-refractivity contribution < 1.29 is 4.79 Å². The molecular formula is C17H19NOS. The van der Waals surface area contributed by atoms with Crippen LogP contribution in [0.15, 0.2) is 54.6 Å². The minimum Gasteiger partial charge on any atom is -0.345 e. The monoisotopic (exact) mass is 285 g/mol. The van der Waals surface area contributed by atoms with Crippen LogP contribution >= 0.6 is 12.6 Å². The third-order valence-corrected chi connectivity index (χ3v) is 3.41. The number of benzene rings is 2. The van der Waals surface area contributed by atoms with Crippen molar-refractivity contribution in [3.05, 3.63) is 71.3 Å². The van der Waals surface area contributed by atoms with Gasteiger partial charge in [-0.2, -0.15) is 12.6 Å². The number of aryl methyl sites for hydroxylation is 1. The molecule has 0 aliphatic carbocycles. The lowest BCUT2D eigenvalue weighted by atomic mass is 9.97. The van der Waals surface area contributed by atoms with Crippen molar-refractivity contribution >= 4 is 18.5 Å². The largest absolute Gasteiger partial charge is 0.345 e. The van der Waals surface area contributed by atoms with Gasteiger partial charge in [-0.1, -0.05) is 60.2 Å². The number of carbonyl (C=O) groups excluding carboxylic acids is 1. The first-order valence-corrected chi connectivity index (χ1v) is 7.35. The fraction of sp³-hybridized carbons (Fsp3) is 0.235. The fourth-order valence-corrected chi connectivity index (χ4v) is 2.30. The van der Waals surface area contributed by atoms with Crippen LogP contribution in [0, 0.1) is 6.92 Å². The maximum atomic E-state index is 11.9. The Labute approximate surface area is 125 Å². The summed E-state index contributed by atoms with van der Waals surface area (Å²) in [5.41, 5.74) is 3.39. The fourth-order valence-electron chi connectivity index (χ4n) is 2.10. The number of amides is 1. The first-order valence-electron chi connectivity index (χ1n) is 6.72. The summed E-state index contributed by atoms with van der Waals surface area (Å²) in [5.74, 6) is 0.579. The van der Waals surface area contributed by atoms with E-state index >= 15 is 0 Å². The molecule has 0 saturated heterocycles. The van der Waals surface area contributed by atoms with Crippen molar-refractivity contribution in [3.63, 3.8) is 0 Å². The van der Waals surface area contributed by atoms with Gasteiger partial charge in [0.05, 0.1) is 6.04 Å². The van der Waals surface area contributed by atoms with Gasteiger partial charge in [-0.25, -0.2) is 0 Å². The van der Waals surface area contributed by atoms with Gasteiger partial charge in [0.15, 0.2) is 0 Å². The number of nitrogens with one attached hydrogen (secondary N) is 1. The molecule has 2 aromatic carbocycles. The number of hydrogen-bond acceptors (Lipinski definition) is 2. The molecule has 0 fully saturated rings. The van der Waals surface area contributed by atoms with Crippen molar-refractivity contribution in [2.45, 2.75) is 19.4 Å². The third-order valence-electron chi connectivity index (χ3n) is 3.19. The summed E-state index contributed by atoms with van der Waals surface area (Å²) in [4.78, 5) is 11.9. The maximum Gasteiger partial charge on any atom is 0.221 e. The third kappa shape index (κ3) is 3.87. The van der Waals surface area contributed by atoms with Crippen LogP contribution in [-0.4, -0.2) is 11.7 Å². The van der Waals surface area contributed by atoms with E-state index in [-0.39, 0.29) is 11.9 Å². The molecule has 2 nitrogen and oxygen atoms in total. The molecule has 0 saturated carbocycles. The molecule has 20 heavy (non-hydrogen) atoms. The van der Waals surface area contributed by atoms with Crippen molar-refractivity contribution in [2.24, 2.45) is 0 Å². The number of thiol groups is 1. The van der Waals surface area contributed by atoms with Crippen LogP contribution in [-0.2, 0) is 4.79 Å². The van der Waals surface area contributed by atoms with Crippen molar-refractivity contribution in [3.8, 4) is 0 Å². The van der Waals surface area contributed by atoms with E-state index < -0.39 is 0 Å². The van der Waals surface area contributed by atoms with Gasteiger partial charge < -0.3 is 5.32 Å². The molecule has 0 bridgehead atoms. The first-order chi connectivity index (χ1) is 9.70. The molecule has 0 aromatic heterocycles. The lowest BCUT2D eigenvalue weighted by Gasteiger charge is -2.20. The van der Waals surface area contributed by atoms with Crippen LogP contribution in [0.4, 0.5) is 0 Å². The molecule has 1 amide bonds. The van der Waals surface area contributed by atoms with Gasteiger partial charge in [0.25, 0.3) is 0 Å². The number of rotatable bonds is 5. The van der Waals surface area contributed by atoms with Gasteiger partial charge in [-0.05, 0) is 23.8 Å². The molecule has 2 aromatic rings. The molecule has 0 spiro atoms. The van der Waals surface area contributed by atoms with Gasteiger partial charge in [0.1, 0.15) is 0 Å². The molecule has 2 rings (SSSR count). The van der Waals surface area contributed by atoms with Gasteiger partial charge in [0.2, 0.25) is 5.91 Å². The predicted octanol–water partition coefficient (Wildman–Crippen LogP) is 3.52. The molecule has 0 heterocycles. The summed E-state index contributed by atoms with van der Waals surface area (Å²) in [7, 11) is 0. The van der Waals surface area contributed by atoms with Crippen LogP contribution in [0.1, 0.15) is 29.2 Å². The summed E-state index contributed by atoms with van der Waals surface area (Å²) in [6.45, 7) is 2.06. The lowest BCUT2D eigenvalue weighted by molar-refractivity contribution is -0.121. The van der Waals surface area contributed by atoms with E-state index in [1.807, 2.05) is 30.3 Å². The van der Waals surface area contributed by atoms with E-state index in [0.717, 1.165) is 11.1 Å². The molecule has 0 aliphatic rings. The molecular weight excluding hydrogens is 266 g/mol. The molecule has 3 heteroatoms. The van der Waals surface area contributed by atoms with Gasteiger partial charge >= 0.3 is 0 Å². The summed E-state index contributed by atoms with van der Waals surface area (Å²) >= 11 is 4.11. The normalized spacial score (nSPS) is 11.9. The van der Waals surface area contributed by atoms with Crippen LogP contribution in [0.25, 0.3) is 0 Å². The number of carbonyl (C=O) groups is 1. The van der Waals surface area contributed by atoms with Crippen LogP contribution in [0.2, 0.25) is 0 Å². The minimum atomic E-state index is -0.107. The molecule has 1 unspecified atom stereocenters. The Kier molecular flexibility index (Phi) is 5.24. The van der Waals surface area contributed by atoms with Crippen molar-refractivity contribution in [1.82, 2.24) is 5.32 Å². The molecule has 104 valence electrons. The Morgan fingerprint density at radius 2 is 1.65 bits per heavy atom. The minimum absolute atomic E-state index is 0.0226. The van der Waals surface area contributed by atoms with Gasteiger partial charge in [-0.3, -0.25) is 4.79 Å².